The molecule has 3 aliphatic carbocycles. The Morgan fingerprint density at radius 2 is 1.90 bits per heavy atom. The lowest BCUT2D eigenvalue weighted by molar-refractivity contribution is -0.386. The molecule has 2 bridgehead atoms. The van der Waals surface area contributed by atoms with Gasteiger partial charge in [0.2, 0.25) is 12.0 Å². The summed E-state index contributed by atoms with van der Waals surface area (Å²) < 4.78 is 12.4. The van der Waals surface area contributed by atoms with Gasteiger partial charge in [-0.05, 0) is 61.5 Å². The van der Waals surface area contributed by atoms with E-state index in [0.717, 1.165) is 36.5 Å². The Hall–Kier alpha value is -2.15. The standard InChI is InChI=1S/C22H29NO6/c1-22(2,3)21(28-18-11-13-9-16(18)15-6-4-5-14(13)15)29-19-10-12(20(24)25)7-8-17(19)23(26)27/h7-8,10,13-16,18,21H,4-6,9,11H2,1-3H3,(H,24,25)/p-1. The molecule has 1 aromatic carbocycles. The van der Waals surface area contributed by atoms with Gasteiger partial charge >= 0.3 is 5.69 Å². The largest absolute Gasteiger partial charge is 0.545 e. The van der Waals surface area contributed by atoms with Crippen LogP contribution in [0.3, 0.4) is 0 Å². The first-order chi connectivity index (χ1) is 13.6. The molecule has 0 aliphatic heterocycles. The van der Waals surface area contributed by atoms with Crippen LogP contribution in [0.4, 0.5) is 5.69 Å². The average molecular weight is 402 g/mol. The molecule has 0 N–H and O–H groups in total. The lowest BCUT2D eigenvalue weighted by Crippen LogP contribution is -2.41. The van der Waals surface area contributed by atoms with Crippen molar-refractivity contribution in [2.24, 2.45) is 29.1 Å². The Morgan fingerprint density at radius 1 is 1.17 bits per heavy atom. The number of carboxylic acids is 1. The zero-order valence-corrected chi connectivity index (χ0v) is 17.1. The summed E-state index contributed by atoms with van der Waals surface area (Å²) in [6.07, 6.45) is 5.50. The second-order valence-corrected chi connectivity index (χ2v) is 9.87. The maximum Gasteiger partial charge on any atom is 0.311 e. The van der Waals surface area contributed by atoms with Crippen molar-refractivity contribution in [3.8, 4) is 5.75 Å². The molecule has 3 aliphatic rings. The van der Waals surface area contributed by atoms with Crippen LogP contribution in [0.15, 0.2) is 18.2 Å². The molecule has 6 unspecified atom stereocenters. The summed E-state index contributed by atoms with van der Waals surface area (Å²) in [7, 11) is 0. The monoisotopic (exact) mass is 402 g/mol. The van der Waals surface area contributed by atoms with Gasteiger partial charge in [-0.15, -0.1) is 0 Å². The fourth-order valence-electron chi connectivity index (χ4n) is 5.73. The van der Waals surface area contributed by atoms with Gasteiger partial charge in [0.15, 0.2) is 0 Å². The van der Waals surface area contributed by atoms with Crippen molar-refractivity contribution < 1.29 is 24.3 Å². The molecule has 7 nitrogen and oxygen atoms in total. The van der Waals surface area contributed by atoms with Gasteiger partial charge in [-0.25, -0.2) is 0 Å². The molecule has 0 amide bonds. The number of fused-ring (bicyclic) bond motifs is 5. The van der Waals surface area contributed by atoms with Crippen molar-refractivity contribution in [3.05, 3.63) is 33.9 Å². The third kappa shape index (κ3) is 3.72. The Morgan fingerprint density at radius 3 is 2.55 bits per heavy atom. The molecule has 0 radical (unpaired) electrons. The number of nitro groups is 1. The predicted octanol–water partition coefficient (Wildman–Crippen LogP) is 3.55. The van der Waals surface area contributed by atoms with Crippen LogP contribution < -0.4 is 9.84 Å². The van der Waals surface area contributed by atoms with Gasteiger partial charge < -0.3 is 19.4 Å². The molecule has 29 heavy (non-hydrogen) atoms. The minimum absolute atomic E-state index is 0.0898. The molecule has 3 saturated carbocycles. The first-order valence-corrected chi connectivity index (χ1v) is 10.5. The van der Waals surface area contributed by atoms with Crippen LogP contribution in [0.25, 0.3) is 0 Å². The highest BCUT2D eigenvalue weighted by molar-refractivity contribution is 5.87. The van der Waals surface area contributed by atoms with E-state index in [1.807, 2.05) is 20.8 Å². The van der Waals surface area contributed by atoms with Crippen molar-refractivity contribution in [2.45, 2.75) is 65.3 Å². The highest BCUT2D eigenvalue weighted by Gasteiger charge is 2.55. The summed E-state index contributed by atoms with van der Waals surface area (Å²) in [6, 6.07) is 3.45. The highest BCUT2D eigenvalue weighted by atomic mass is 16.7. The fraction of sp³-hybridized carbons (Fsp3) is 0.682. The Bertz CT molecular complexity index is 816. The Kier molecular flexibility index (Phi) is 5.05. The minimum atomic E-state index is -1.40. The van der Waals surface area contributed by atoms with E-state index in [1.54, 1.807) is 0 Å². The summed E-state index contributed by atoms with van der Waals surface area (Å²) >= 11 is 0. The van der Waals surface area contributed by atoms with Gasteiger partial charge in [-0.2, -0.15) is 0 Å². The Balaban J connectivity index is 1.57. The minimum Gasteiger partial charge on any atom is -0.545 e. The van der Waals surface area contributed by atoms with Crippen LogP contribution in [0.5, 0.6) is 5.75 Å². The smallest absolute Gasteiger partial charge is 0.311 e. The molecular weight excluding hydrogens is 374 g/mol. The van der Waals surface area contributed by atoms with E-state index in [0.29, 0.717) is 11.8 Å². The van der Waals surface area contributed by atoms with Crippen molar-refractivity contribution in [1.82, 2.24) is 0 Å². The molecule has 4 rings (SSSR count). The molecule has 158 valence electrons. The average Bonchev–Trinajstić information content (AvgIpc) is 3.33. The van der Waals surface area contributed by atoms with Crippen molar-refractivity contribution in [3.63, 3.8) is 0 Å². The lowest BCUT2D eigenvalue weighted by Gasteiger charge is -2.38. The number of hydrogen-bond donors (Lipinski definition) is 0. The summed E-state index contributed by atoms with van der Waals surface area (Å²) in [5.41, 5.74) is -0.883. The topological polar surface area (TPSA) is 102 Å². The normalized spacial score (nSPS) is 31.5. The van der Waals surface area contributed by atoms with E-state index >= 15 is 0 Å². The molecule has 3 fully saturated rings. The molecule has 6 atom stereocenters. The maximum atomic E-state index is 11.4. The molecule has 0 spiro atoms. The van der Waals surface area contributed by atoms with Crippen LogP contribution in [0, 0.1) is 39.2 Å². The van der Waals surface area contributed by atoms with Gasteiger partial charge in [-0.3, -0.25) is 10.1 Å². The molecule has 0 heterocycles. The summed E-state index contributed by atoms with van der Waals surface area (Å²) in [5.74, 6) is 1.32. The Labute approximate surface area is 170 Å². The van der Waals surface area contributed by atoms with Gasteiger partial charge in [0.25, 0.3) is 0 Å². The molecule has 1 aromatic rings. The number of carbonyl (C=O) groups excluding carboxylic acids is 1. The summed E-state index contributed by atoms with van der Waals surface area (Å²) in [6.45, 7) is 5.87. The van der Waals surface area contributed by atoms with E-state index in [2.05, 4.69) is 0 Å². The van der Waals surface area contributed by atoms with Gasteiger partial charge in [0.05, 0.1) is 17.0 Å². The zero-order chi connectivity index (χ0) is 20.9. The molecular formula is C22H28NO6-. The second-order valence-electron chi connectivity index (χ2n) is 9.87. The number of carbonyl (C=O) groups is 1. The predicted molar refractivity (Wildman–Crippen MR) is 103 cm³/mol. The van der Waals surface area contributed by atoms with Crippen LogP contribution in [0.2, 0.25) is 0 Å². The van der Waals surface area contributed by atoms with Crippen LogP contribution >= 0.6 is 0 Å². The molecule has 0 aromatic heterocycles. The SMILES string of the molecule is CC(C)(C)C(Oc1cc(C(=O)[O-])ccc1[N+](=O)[O-])OC1CC2CC1C1CCCC21. The third-order valence-electron chi connectivity index (χ3n) is 7.00. The van der Waals surface area contributed by atoms with Crippen LogP contribution in [-0.2, 0) is 4.74 Å². The van der Waals surface area contributed by atoms with Gasteiger partial charge in [-0.1, -0.05) is 27.2 Å². The lowest BCUT2D eigenvalue weighted by atomic mass is 9.80. The fourth-order valence-corrected chi connectivity index (χ4v) is 5.73. The van der Waals surface area contributed by atoms with E-state index in [4.69, 9.17) is 9.47 Å². The van der Waals surface area contributed by atoms with Gasteiger partial charge in [0.1, 0.15) is 0 Å². The maximum absolute atomic E-state index is 11.4. The van der Waals surface area contributed by atoms with Gasteiger partial charge in [0, 0.05) is 17.0 Å². The number of hydrogen-bond acceptors (Lipinski definition) is 6. The van der Waals surface area contributed by atoms with E-state index in [1.165, 1.54) is 25.7 Å². The summed E-state index contributed by atoms with van der Waals surface area (Å²) in [4.78, 5) is 22.1. The zero-order valence-electron chi connectivity index (χ0n) is 17.1. The third-order valence-corrected chi connectivity index (χ3v) is 7.00. The van der Waals surface area contributed by atoms with Crippen LogP contribution in [-0.4, -0.2) is 23.3 Å². The van der Waals surface area contributed by atoms with E-state index in [9.17, 15) is 20.0 Å². The molecule has 0 saturated heterocycles. The second kappa shape index (κ2) is 7.27. The number of carboxylic acid groups (broad SMARTS) is 1. The number of benzene rings is 1. The number of aromatic carboxylic acids is 1. The number of nitrogens with zero attached hydrogens (tertiary/aromatic N) is 1. The number of nitro benzene ring substituents is 1. The van der Waals surface area contributed by atoms with E-state index < -0.39 is 22.6 Å². The van der Waals surface area contributed by atoms with E-state index in [-0.39, 0.29) is 23.1 Å². The quantitative estimate of drug-likeness (QED) is 0.410. The molecule has 7 heteroatoms. The number of ether oxygens (including phenoxy) is 2. The highest BCUT2D eigenvalue weighted by Crippen LogP contribution is 2.59. The van der Waals surface area contributed by atoms with Crippen molar-refractivity contribution in [2.75, 3.05) is 0 Å². The number of rotatable bonds is 6. The van der Waals surface area contributed by atoms with Crippen molar-refractivity contribution >= 4 is 11.7 Å². The van der Waals surface area contributed by atoms with Crippen LogP contribution in [0.1, 0.15) is 63.2 Å². The summed E-state index contributed by atoms with van der Waals surface area (Å²) in [5, 5.41) is 22.6. The first-order valence-electron chi connectivity index (χ1n) is 10.5. The first kappa shape index (κ1) is 20.1. The van der Waals surface area contributed by atoms with Crippen molar-refractivity contribution in [1.29, 1.82) is 0 Å².